The second-order valence-corrected chi connectivity index (χ2v) is 7.46. The molecule has 130 valence electrons. The van der Waals surface area contributed by atoms with E-state index in [1.54, 1.807) is 11.0 Å². The van der Waals surface area contributed by atoms with Gasteiger partial charge in [-0.15, -0.1) is 0 Å². The summed E-state index contributed by atoms with van der Waals surface area (Å²) in [7, 11) is 0. The summed E-state index contributed by atoms with van der Waals surface area (Å²) in [5.74, 6) is 0.573. The van der Waals surface area contributed by atoms with Gasteiger partial charge in [0.2, 0.25) is 0 Å². The maximum Gasteiger partial charge on any atom is 0.137 e. The van der Waals surface area contributed by atoms with Crippen LogP contribution < -0.4 is 0 Å². The number of rotatable bonds is 7. The molecule has 5 heteroatoms. The van der Waals surface area contributed by atoms with Crippen molar-refractivity contribution >= 4 is 11.6 Å². The first kappa shape index (κ1) is 17.4. The maximum absolute atomic E-state index is 11.6. The molecule has 1 aliphatic rings. The lowest BCUT2D eigenvalue weighted by atomic mass is 9.79. The van der Waals surface area contributed by atoms with Crippen LogP contribution in [-0.2, 0) is 13.0 Å². The molecule has 3 rings (SSSR count). The van der Waals surface area contributed by atoms with Gasteiger partial charge in [-0.2, -0.15) is 5.10 Å². The zero-order valence-electron chi connectivity index (χ0n) is 14.2. The summed E-state index contributed by atoms with van der Waals surface area (Å²) in [6.07, 6.45) is 9.67. The highest BCUT2D eigenvalue weighted by molar-refractivity contribution is 6.30. The zero-order valence-corrected chi connectivity index (χ0v) is 15.0. The molecule has 1 aliphatic carbocycles. The number of benzene rings is 1. The molecule has 1 saturated carbocycles. The first-order chi connectivity index (χ1) is 11.6. The van der Waals surface area contributed by atoms with Crippen LogP contribution in [0.2, 0.25) is 5.02 Å². The van der Waals surface area contributed by atoms with E-state index in [-0.39, 0.29) is 5.92 Å². The molecule has 0 spiro atoms. The molecule has 0 radical (unpaired) electrons. The van der Waals surface area contributed by atoms with Crippen molar-refractivity contribution in [3.05, 3.63) is 47.5 Å². The minimum Gasteiger partial charge on any atom is -0.387 e. The lowest BCUT2D eigenvalue weighted by Crippen LogP contribution is -2.45. The summed E-state index contributed by atoms with van der Waals surface area (Å²) in [5, 5.41) is 16.6. The van der Waals surface area contributed by atoms with Gasteiger partial charge in [-0.05, 0) is 55.2 Å². The van der Waals surface area contributed by atoms with Crippen molar-refractivity contribution in [2.45, 2.75) is 57.6 Å². The molecule has 0 bridgehead atoms. The summed E-state index contributed by atoms with van der Waals surface area (Å²) < 4.78 is 1.78. The normalized spacial score (nSPS) is 26.8. The summed E-state index contributed by atoms with van der Waals surface area (Å²) in [6.45, 7) is 2.73. The van der Waals surface area contributed by atoms with Crippen LogP contribution in [0.5, 0.6) is 0 Å². The van der Waals surface area contributed by atoms with Crippen LogP contribution in [0.15, 0.2) is 36.9 Å². The molecule has 0 amide bonds. The highest BCUT2D eigenvalue weighted by atomic mass is 35.5. The summed E-state index contributed by atoms with van der Waals surface area (Å²) in [6, 6.07) is 7.99. The van der Waals surface area contributed by atoms with Crippen LogP contribution in [0, 0.1) is 11.8 Å². The predicted molar refractivity (Wildman–Crippen MR) is 95.9 cm³/mol. The minimum atomic E-state index is -0.720. The third kappa shape index (κ3) is 3.81. The van der Waals surface area contributed by atoms with Gasteiger partial charge in [0.1, 0.15) is 12.7 Å². The van der Waals surface area contributed by atoms with E-state index in [2.05, 4.69) is 29.1 Å². The summed E-state index contributed by atoms with van der Waals surface area (Å²) in [4.78, 5) is 4.03. The number of hydrogen-bond acceptors (Lipinski definition) is 3. The van der Waals surface area contributed by atoms with Crippen molar-refractivity contribution < 1.29 is 5.11 Å². The molecule has 1 aromatic carbocycles. The first-order valence-electron chi connectivity index (χ1n) is 8.91. The van der Waals surface area contributed by atoms with E-state index in [1.165, 1.54) is 11.9 Å². The van der Waals surface area contributed by atoms with E-state index >= 15 is 0 Å². The summed E-state index contributed by atoms with van der Waals surface area (Å²) in [5.41, 5.74) is 0.514. The molecule has 0 aliphatic heterocycles. The molecular weight excluding hydrogens is 322 g/mol. The smallest absolute Gasteiger partial charge is 0.137 e. The van der Waals surface area contributed by atoms with Gasteiger partial charge >= 0.3 is 0 Å². The highest BCUT2D eigenvalue weighted by Gasteiger charge is 2.48. The van der Waals surface area contributed by atoms with Crippen molar-refractivity contribution in [2.24, 2.45) is 11.8 Å². The van der Waals surface area contributed by atoms with Gasteiger partial charge in [-0.3, -0.25) is 4.68 Å². The van der Waals surface area contributed by atoms with E-state index in [0.29, 0.717) is 12.5 Å². The molecular formula is C19H26ClN3O. The third-order valence-electron chi connectivity index (χ3n) is 5.46. The van der Waals surface area contributed by atoms with Crippen LogP contribution in [0.4, 0.5) is 0 Å². The Hall–Kier alpha value is -1.39. The monoisotopic (exact) mass is 347 g/mol. The third-order valence-corrected chi connectivity index (χ3v) is 5.71. The number of halogens is 1. The number of nitrogens with zero attached hydrogens (tertiary/aromatic N) is 3. The Morgan fingerprint density at radius 3 is 2.67 bits per heavy atom. The van der Waals surface area contributed by atoms with Gasteiger partial charge in [-0.25, -0.2) is 4.98 Å². The van der Waals surface area contributed by atoms with E-state index < -0.39 is 5.60 Å². The first-order valence-corrected chi connectivity index (χ1v) is 9.29. The van der Waals surface area contributed by atoms with Gasteiger partial charge in [0.05, 0.1) is 12.1 Å². The van der Waals surface area contributed by atoms with Crippen LogP contribution >= 0.6 is 11.6 Å². The van der Waals surface area contributed by atoms with Gasteiger partial charge in [-0.1, -0.05) is 43.5 Å². The fourth-order valence-corrected chi connectivity index (χ4v) is 4.22. The Morgan fingerprint density at radius 2 is 2.00 bits per heavy atom. The zero-order chi connectivity index (χ0) is 17.0. The summed E-state index contributed by atoms with van der Waals surface area (Å²) >= 11 is 5.99. The fraction of sp³-hybridized carbons (Fsp3) is 0.579. The number of unbranched alkanes of at least 4 members (excludes halogenated alkanes) is 1. The van der Waals surface area contributed by atoms with Crippen LogP contribution in [0.3, 0.4) is 0 Å². The minimum absolute atomic E-state index is 0.240. The Kier molecular flexibility index (Phi) is 5.57. The molecule has 24 heavy (non-hydrogen) atoms. The molecule has 2 aromatic rings. The van der Waals surface area contributed by atoms with Crippen molar-refractivity contribution in [1.82, 2.24) is 14.8 Å². The van der Waals surface area contributed by atoms with Crippen molar-refractivity contribution in [1.29, 1.82) is 0 Å². The Bertz CT molecular complexity index is 629. The van der Waals surface area contributed by atoms with Crippen LogP contribution in [0.25, 0.3) is 0 Å². The molecule has 1 aromatic heterocycles. The van der Waals surface area contributed by atoms with E-state index in [4.69, 9.17) is 11.6 Å². The van der Waals surface area contributed by atoms with Crippen molar-refractivity contribution in [2.75, 3.05) is 0 Å². The Labute approximate surface area is 148 Å². The van der Waals surface area contributed by atoms with Crippen molar-refractivity contribution in [3.63, 3.8) is 0 Å². The van der Waals surface area contributed by atoms with Crippen LogP contribution in [-0.4, -0.2) is 25.5 Å². The number of hydrogen-bond donors (Lipinski definition) is 1. The quantitative estimate of drug-likeness (QED) is 0.819. The molecule has 1 heterocycles. The second-order valence-electron chi connectivity index (χ2n) is 7.03. The lowest BCUT2D eigenvalue weighted by molar-refractivity contribution is -0.0563. The number of aromatic nitrogens is 3. The van der Waals surface area contributed by atoms with E-state index in [9.17, 15) is 5.11 Å². The predicted octanol–water partition coefficient (Wildman–Crippen LogP) is 4.12. The van der Waals surface area contributed by atoms with Gasteiger partial charge in [0.15, 0.2) is 0 Å². The molecule has 0 saturated heterocycles. The van der Waals surface area contributed by atoms with E-state index in [1.807, 2.05) is 12.1 Å². The molecule has 1 fully saturated rings. The Morgan fingerprint density at radius 1 is 1.25 bits per heavy atom. The molecule has 0 unspecified atom stereocenters. The highest BCUT2D eigenvalue weighted by Crippen LogP contribution is 2.45. The second kappa shape index (κ2) is 7.66. The number of aliphatic hydroxyl groups is 1. The fourth-order valence-electron chi connectivity index (χ4n) is 4.10. The topological polar surface area (TPSA) is 50.9 Å². The molecule has 3 atom stereocenters. The van der Waals surface area contributed by atoms with Gasteiger partial charge in [0, 0.05) is 5.02 Å². The van der Waals surface area contributed by atoms with Crippen molar-refractivity contribution in [3.8, 4) is 0 Å². The standard InChI is InChI=1S/C19H26ClN3O/c1-2-3-4-16-7-8-17(11-15-5-9-18(20)10-6-15)19(16,24)12-23-14-21-13-22-23/h5-6,9-10,13-14,16-17,24H,2-4,7-8,11-12H2,1H3/t16-,17-,19-/m1/s1. The molecule has 1 N–H and O–H groups in total. The Balaban J connectivity index is 1.79. The largest absolute Gasteiger partial charge is 0.387 e. The van der Waals surface area contributed by atoms with E-state index in [0.717, 1.165) is 43.5 Å². The van der Waals surface area contributed by atoms with Crippen LogP contribution in [0.1, 0.15) is 44.6 Å². The average molecular weight is 348 g/mol. The maximum atomic E-state index is 11.6. The van der Waals surface area contributed by atoms with Gasteiger partial charge in [0.25, 0.3) is 0 Å². The lowest BCUT2D eigenvalue weighted by Gasteiger charge is -2.35. The molecule has 4 nitrogen and oxygen atoms in total. The average Bonchev–Trinajstić information content (AvgIpc) is 3.17. The van der Waals surface area contributed by atoms with Gasteiger partial charge < -0.3 is 5.11 Å². The SMILES string of the molecule is CCCC[C@@H]1CC[C@H](Cc2ccc(Cl)cc2)[C@@]1(O)Cn1cncn1.